The number of hydrogen-bond acceptors (Lipinski definition) is 1. The molecular formula is C15H14BrNO. The Morgan fingerprint density at radius 1 is 1.00 bits per heavy atom. The number of hydrogen-bond donors (Lipinski definition) is 0. The zero-order valence-corrected chi connectivity index (χ0v) is 11.9. The summed E-state index contributed by atoms with van der Waals surface area (Å²) < 4.78 is 1.03. The SMILES string of the molecule is CN(C)C(=O)c1ccccc1-c1ccc(Br)cc1. The van der Waals surface area contributed by atoms with Crippen molar-refractivity contribution in [3.8, 4) is 11.1 Å². The zero-order chi connectivity index (χ0) is 13.1. The number of amides is 1. The summed E-state index contributed by atoms with van der Waals surface area (Å²) >= 11 is 3.41. The maximum Gasteiger partial charge on any atom is 0.253 e. The van der Waals surface area contributed by atoms with Crippen LogP contribution in [0.25, 0.3) is 11.1 Å². The summed E-state index contributed by atoms with van der Waals surface area (Å²) in [4.78, 5) is 13.7. The third kappa shape index (κ3) is 2.62. The number of rotatable bonds is 2. The molecule has 0 heterocycles. The highest BCUT2D eigenvalue weighted by atomic mass is 79.9. The summed E-state index contributed by atoms with van der Waals surface area (Å²) in [5.41, 5.74) is 2.73. The smallest absolute Gasteiger partial charge is 0.253 e. The van der Waals surface area contributed by atoms with Gasteiger partial charge in [-0.2, -0.15) is 0 Å². The third-order valence-electron chi connectivity index (χ3n) is 2.72. The van der Waals surface area contributed by atoms with Crippen molar-refractivity contribution in [2.75, 3.05) is 14.1 Å². The molecule has 0 saturated heterocycles. The molecule has 0 aliphatic heterocycles. The van der Waals surface area contributed by atoms with Crippen LogP contribution in [-0.4, -0.2) is 24.9 Å². The Labute approximate surface area is 115 Å². The molecule has 0 spiro atoms. The van der Waals surface area contributed by atoms with E-state index in [-0.39, 0.29) is 5.91 Å². The van der Waals surface area contributed by atoms with Gasteiger partial charge >= 0.3 is 0 Å². The Morgan fingerprint density at radius 2 is 1.61 bits per heavy atom. The van der Waals surface area contributed by atoms with E-state index in [0.717, 1.165) is 21.2 Å². The molecule has 1 amide bonds. The lowest BCUT2D eigenvalue weighted by Crippen LogP contribution is -2.22. The molecule has 0 aromatic heterocycles. The highest BCUT2D eigenvalue weighted by Gasteiger charge is 2.13. The van der Waals surface area contributed by atoms with E-state index in [4.69, 9.17) is 0 Å². The highest BCUT2D eigenvalue weighted by Crippen LogP contribution is 2.25. The molecule has 0 unspecified atom stereocenters. The van der Waals surface area contributed by atoms with Gasteiger partial charge in [-0.05, 0) is 29.3 Å². The molecule has 2 aromatic rings. The molecule has 92 valence electrons. The van der Waals surface area contributed by atoms with E-state index in [1.54, 1.807) is 19.0 Å². The van der Waals surface area contributed by atoms with Crippen LogP contribution in [0, 0.1) is 0 Å². The fourth-order valence-corrected chi connectivity index (χ4v) is 2.06. The lowest BCUT2D eigenvalue weighted by Gasteiger charge is -2.14. The normalized spacial score (nSPS) is 10.2. The van der Waals surface area contributed by atoms with Crippen molar-refractivity contribution >= 4 is 21.8 Å². The van der Waals surface area contributed by atoms with E-state index in [2.05, 4.69) is 15.9 Å². The molecule has 0 radical (unpaired) electrons. The van der Waals surface area contributed by atoms with Crippen molar-refractivity contribution in [1.29, 1.82) is 0 Å². The Balaban J connectivity index is 2.51. The van der Waals surface area contributed by atoms with E-state index in [1.807, 2.05) is 48.5 Å². The van der Waals surface area contributed by atoms with Crippen LogP contribution in [0.1, 0.15) is 10.4 Å². The predicted molar refractivity (Wildman–Crippen MR) is 77.6 cm³/mol. The first kappa shape index (κ1) is 12.8. The minimum absolute atomic E-state index is 0.0218. The highest BCUT2D eigenvalue weighted by molar-refractivity contribution is 9.10. The summed E-state index contributed by atoms with van der Waals surface area (Å²) in [5.74, 6) is 0.0218. The van der Waals surface area contributed by atoms with Gasteiger partial charge in [0.15, 0.2) is 0 Å². The van der Waals surface area contributed by atoms with Gasteiger partial charge in [0.2, 0.25) is 0 Å². The second kappa shape index (κ2) is 5.36. The van der Waals surface area contributed by atoms with Gasteiger partial charge in [0.05, 0.1) is 0 Å². The van der Waals surface area contributed by atoms with Crippen molar-refractivity contribution in [1.82, 2.24) is 4.90 Å². The average molecular weight is 304 g/mol. The molecule has 0 N–H and O–H groups in total. The van der Waals surface area contributed by atoms with Crippen LogP contribution >= 0.6 is 15.9 Å². The topological polar surface area (TPSA) is 20.3 Å². The minimum Gasteiger partial charge on any atom is -0.345 e. The van der Waals surface area contributed by atoms with E-state index in [9.17, 15) is 4.79 Å². The van der Waals surface area contributed by atoms with Gasteiger partial charge in [-0.3, -0.25) is 4.79 Å². The predicted octanol–water partition coefficient (Wildman–Crippen LogP) is 3.82. The molecule has 0 saturated carbocycles. The molecule has 2 rings (SSSR count). The summed E-state index contributed by atoms with van der Waals surface area (Å²) in [5, 5.41) is 0. The van der Waals surface area contributed by atoms with E-state index < -0.39 is 0 Å². The fourth-order valence-electron chi connectivity index (χ4n) is 1.79. The molecule has 2 nitrogen and oxygen atoms in total. The van der Waals surface area contributed by atoms with Crippen LogP contribution in [0.15, 0.2) is 53.0 Å². The van der Waals surface area contributed by atoms with Crippen LogP contribution in [0.4, 0.5) is 0 Å². The molecule has 0 atom stereocenters. The van der Waals surface area contributed by atoms with Crippen LogP contribution in [0.2, 0.25) is 0 Å². The maximum atomic E-state index is 12.1. The molecule has 0 aliphatic carbocycles. The fraction of sp³-hybridized carbons (Fsp3) is 0.133. The molecule has 3 heteroatoms. The van der Waals surface area contributed by atoms with Crippen molar-refractivity contribution in [3.63, 3.8) is 0 Å². The van der Waals surface area contributed by atoms with Crippen molar-refractivity contribution in [3.05, 3.63) is 58.6 Å². The van der Waals surface area contributed by atoms with E-state index >= 15 is 0 Å². The van der Waals surface area contributed by atoms with Crippen molar-refractivity contribution in [2.24, 2.45) is 0 Å². The first-order chi connectivity index (χ1) is 8.59. The Kier molecular flexibility index (Phi) is 3.82. The molecule has 0 aliphatic rings. The van der Waals surface area contributed by atoms with Gasteiger partial charge in [0, 0.05) is 24.1 Å². The zero-order valence-electron chi connectivity index (χ0n) is 10.4. The van der Waals surface area contributed by atoms with Crippen LogP contribution < -0.4 is 0 Å². The standard InChI is InChI=1S/C15H14BrNO/c1-17(2)15(18)14-6-4-3-5-13(14)11-7-9-12(16)10-8-11/h3-10H,1-2H3. The van der Waals surface area contributed by atoms with Gasteiger partial charge in [-0.15, -0.1) is 0 Å². The Bertz CT molecular complexity index is 561. The minimum atomic E-state index is 0.0218. The van der Waals surface area contributed by atoms with Crippen molar-refractivity contribution < 1.29 is 4.79 Å². The molecule has 0 bridgehead atoms. The first-order valence-corrected chi connectivity index (χ1v) is 6.45. The number of nitrogens with zero attached hydrogens (tertiary/aromatic N) is 1. The monoisotopic (exact) mass is 303 g/mol. The quantitative estimate of drug-likeness (QED) is 0.826. The summed E-state index contributed by atoms with van der Waals surface area (Å²) in [7, 11) is 3.53. The van der Waals surface area contributed by atoms with Gasteiger partial charge < -0.3 is 4.90 Å². The summed E-state index contributed by atoms with van der Waals surface area (Å²) in [6, 6.07) is 15.6. The maximum absolute atomic E-state index is 12.1. The average Bonchev–Trinajstić information content (AvgIpc) is 2.39. The van der Waals surface area contributed by atoms with Crippen molar-refractivity contribution in [2.45, 2.75) is 0 Å². The van der Waals surface area contributed by atoms with Gasteiger partial charge in [0.25, 0.3) is 5.91 Å². The second-order valence-electron chi connectivity index (χ2n) is 4.25. The van der Waals surface area contributed by atoms with E-state index in [1.165, 1.54) is 0 Å². The van der Waals surface area contributed by atoms with Crippen LogP contribution in [0.5, 0.6) is 0 Å². The number of halogens is 1. The summed E-state index contributed by atoms with van der Waals surface area (Å²) in [6.07, 6.45) is 0. The van der Waals surface area contributed by atoms with E-state index in [0.29, 0.717) is 0 Å². The lowest BCUT2D eigenvalue weighted by atomic mass is 9.99. The molecule has 0 fully saturated rings. The van der Waals surface area contributed by atoms with Crippen LogP contribution in [-0.2, 0) is 0 Å². The number of benzene rings is 2. The van der Waals surface area contributed by atoms with Gasteiger partial charge in [-0.25, -0.2) is 0 Å². The Morgan fingerprint density at radius 3 is 2.22 bits per heavy atom. The lowest BCUT2D eigenvalue weighted by molar-refractivity contribution is 0.0828. The van der Waals surface area contributed by atoms with Crippen LogP contribution in [0.3, 0.4) is 0 Å². The number of carbonyl (C=O) groups excluding carboxylic acids is 1. The third-order valence-corrected chi connectivity index (χ3v) is 3.25. The molecular weight excluding hydrogens is 290 g/mol. The Hall–Kier alpha value is -1.61. The molecule has 2 aromatic carbocycles. The summed E-state index contributed by atoms with van der Waals surface area (Å²) in [6.45, 7) is 0. The van der Waals surface area contributed by atoms with Gasteiger partial charge in [-0.1, -0.05) is 46.3 Å². The number of carbonyl (C=O) groups is 1. The molecule has 18 heavy (non-hydrogen) atoms. The second-order valence-corrected chi connectivity index (χ2v) is 5.17. The van der Waals surface area contributed by atoms with Gasteiger partial charge in [0.1, 0.15) is 0 Å². The largest absolute Gasteiger partial charge is 0.345 e. The first-order valence-electron chi connectivity index (χ1n) is 5.66.